The van der Waals surface area contributed by atoms with Crippen LogP contribution < -0.4 is 0 Å². The van der Waals surface area contributed by atoms with Gasteiger partial charge in [0.2, 0.25) is 0 Å². The molecule has 8 nitrogen and oxygen atoms in total. The van der Waals surface area contributed by atoms with Crippen LogP contribution in [0.1, 0.15) is 0 Å². The molecule has 1 heterocycles. The van der Waals surface area contributed by atoms with Gasteiger partial charge < -0.3 is 24.8 Å². The summed E-state index contributed by atoms with van der Waals surface area (Å²) in [7, 11) is 1.30. The third kappa shape index (κ3) is 2.37. The number of methoxy groups -OCH3 is 1. The van der Waals surface area contributed by atoms with E-state index in [-0.39, 0.29) is 0 Å². The number of hydrogen-bond acceptors (Lipinski definition) is 6. The Bertz CT molecular complexity index is 241. The minimum absolute atomic E-state index is 0.453. The maximum Gasteiger partial charge on any atom is 0.184 e. The summed E-state index contributed by atoms with van der Waals surface area (Å²) in [5.41, 5.74) is 8.26. The molecule has 86 valence electrons. The van der Waals surface area contributed by atoms with Crippen molar-refractivity contribution in [3.05, 3.63) is 10.4 Å². The molecule has 0 unspecified atom stereocenters. The van der Waals surface area contributed by atoms with Gasteiger partial charge in [-0.3, -0.25) is 0 Å². The number of ether oxygens (including phenoxy) is 2. The van der Waals surface area contributed by atoms with E-state index >= 15 is 0 Å². The van der Waals surface area contributed by atoms with Crippen LogP contribution in [0.5, 0.6) is 0 Å². The van der Waals surface area contributed by atoms with Gasteiger partial charge in [-0.05, 0) is 5.53 Å². The van der Waals surface area contributed by atoms with Crippen LogP contribution in [0.15, 0.2) is 5.11 Å². The van der Waals surface area contributed by atoms with E-state index < -0.39 is 37.3 Å². The third-order valence-corrected chi connectivity index (χ3v) is 2.27. The van der Waals surface area contributed by atoms with Gasteiger partial charge in [-0.15, -0.1) is 0 Å². The third-order valence-electron chi connectivity index (χ3n) is 2.27. The average molecular weight is 219 g/mol. The van der Waals surface area contributed by atoms with Gasteiger partial charge in [-0.25, -0.2) is 0 Å². The first-order valence-electron chi connectivity index (χ1n) is 4.35. The molecule has 0 aromatic rings. The molecule has 3 N–H and O–H groups in total. The van der Waals surface area contributed by atoms with E-state index in [2.05, 4.69) is 10.0 Å². The zero-order valence-corrected chi connectivity index (χ0v) is 8.09. The van der Waals surface area contributed by atoms with Crippen LogP contribution in [-0.2, 0) is 9.47 Å². The summed E-state index contributed by atoms with van der Waals surface area (Å²) in [6.45, 7) is -0.453. The molecule has 0 aromatic carbocycles. The van der Waals surface area contributed by atoms with Crippen LogP contribution in [0.2, 0.25) is 0 Å². The molecule has 1 aliphatic heterocycles. The van der Waals surface area contributed by atoms with Gasteiger partial charge in [0, 0.05) is 12.0 Å². The van der Waals surface area contributed by atoms with Crippen molar-refractivity contribution >= 4 is 0 Å². The SMILES string of the molecule is CO[C@H]1O[C@H](CO)[C@@H](O)[C@@H](N=[N+]=[N-])[C@@H]1O. The maximum atomic E-state index is 9.59. The standard InChI is InChI=1S/C7H13N3O5/c1-14-7-6(13)4(9-10-8)5(12)3(2-11)15-7/h3-7,11-13H,2H2,1H3/t3-,4-,5-,6+,7+/m1/s1. The highest BCUT2D eigenvalue weighted by Gasteiger charge is 2.43. The molecule has 5 atom stereocenters. The summed E-state index contributed by atoms with van der Waals surface area (Å²) >= 11 is 0. The number of aliphatic hydroxyl groups excluding tert-OH is 3. The Labute approximate surface area is 85.7 Å². The van der Waals surface area contributed by atoms with E-state index in [1.54, 1.807) is 0 Å². The fourth-order valence-corrected chi connectivity index (χ4v) is 1.46. The van der Waals surface area contributed by atoms with Gasteiger partial charge in [0.15, 0.2) is 6.29 Å². The average Bonchev–Trinajstić information content (AvgIpc) is 2.25. The molecule has 8 heteroatoms. The lowest BCUT2D eigenvalue weighted by Gasteiger charge is -2.39. The van der Waals surface area contributed by atoms with Gasteiger partial charge in [0.1, 0.15) is 12.2 Å². The normalized spacial score (nSPS) is 40.9. The first-order chi connectivity index (χ1) is 7.15. The molecular weight excluding hydrogens is 206 g/mol. The first-order valence-corrected chi connectivity index (χ1v) is 4.35. The van der Waals surface area contributed by atoms with Crippen molar-refractivity contribution < 1.29 is 24.8 Å². The van der Waals surface area contributed by atoms with Gasteiger partial charge in [0.25, 0.3) is 0 Å². The van der Waals surface area contributed by atoms with Gasteiger partial charge in [-0.2, -0.15) is 0 Å². The number of hydrogen-bond donors (Lipinski definition) is 3. The predicted octanol–water partition coefficient (Wildman–Crippen LogP) is -1.25. The van der Waals surface area contributed by atoms with Crippen LogP contribution in [0, 0.1) is 0 Å². The second-order valence-electron chi connectivity index (χ2n) is 3.14. The zero-order valence-electron chi connectivity index (χ0n) is 8.09. The Balaban J connectivity index is 2.85. The second kappa shape index (κ2) is 5.26. The van der Waals surface area contributed by atoms with Gasteiger partial charge in [-0.1, -0.05) is 5.11 Å². The molecule has 0 radical (unpaired) electrons. The summed E-state index contributed by atoms with van der Waals surface area (Å²) in [4.78, 5) is 2.51. The number of rotatable bonds is 3. The number of aliphatic hydroxyl groups is 3. The molecule has 1 aliphatic rings. The van der Waals surface area contributed by atoms with Crippen molar-refractivity contribution in [3.8, 4) is 0 Å². The first kappa shape index (κ1) is 12.2. The number of azide groups is 1. The molecule has 15 heavy (non-hydrogen) atoms. The van der Waals surface area contributed by atoms with Crippen LogP contribution in [0.4, 0.5) is 0 Å². The Morgan fingerprint density at radius 1 is 1.47 bits per heavy atom. The summed E-state index contributed by atoms with van der Waals surface area (Å²) in [6.07, 6.45) is -4.48. The second-order valence-corrected chi connectivity index (χ2v) is 3.14. The fraction of sp³-hybridized carbons (Fsp3) is 1.00. The quantitative estimate of drug-likeness (QED) is 0.310. The lowest BCUT2D eigenvalue weighted by molar-refractivity contribution is -0.267. The molecule has 1 fully saturated rings. The molecule has 0 spiro atoms. The van der Waals surface area contributed by atoms with Crippen molar-refractivity contribution in [2.45, 2.75) is 30.6 Å². The Hall–Kier alpha value is -0.890. The Morgan fingerprint density at radius 3 is 2.60 bits per heavy atom. The zero-order chi connectivity index (χ0) is 11.4. The van der Waals surface area contributed by atoms with Crippen LogP contribution >= 0.6 is 0 Å². The highest BCUT2D eigenvalue weighted by atomic mass is 16.7. The molecule has 1 saturated heterocycles. The molecule has 0 saturated carbocycles. The maximum absolute atomic E-state index is 9.59. The minimum Gasteiger partial charge on any atom is -0.394 e. The van der Waals surface area contributed by atoms with Crippen LogP contribution in [0.3, 0.4) is 0 Å². The molecule has 1 rings (SSSR count). The highest BCUT2D eigenvalue weighted by Crippen LogP contribution is 2.23. The number of nitrogens with zero attached hydrogens (tertiary/aromatic N) is 3. The summed E-state index contributed by atoms with van der Waals surface area (Å²) in [5, 5.41) is 31.3. The van der Waals surface area contributed by atoms with Crippen LogP contribution in [-0.4, -0.2) is 59.7 Å². The summed E-state index contributed by atoms with van der Waals surface area (Å²) in [5.74, 6) is 0. The predicted molar refractivity (Wildman–Crippen MR) is 47.7 cm³/mol. The van der Waals surface area contributed by atoms with Crippen LogP contribution in [0.25, 0.3) is 10.4 Å². The lowest BCUT2D eigenvalue weighted by atomic mass is 9.97. The van der Waals surface area contributed by atoms with Crippen molar-refractivity contribution in [2.75, 3.05) is 13.7 Å². The van der Waals surface area contributed by atoms with E-state index in [0.717, 1.165) is 0 Å². The monoisotopic (exact) mass is 219 g/mol. The topological polar surface area (TPSA) is 128 Å². The largest absolute Gasteiger partial charge is 0.394 e. The molecule has 0 aromatic heterocycles. The van der Waals surface area contributed by atoms with E-state index in [1.807, 2.05) is 0 Å². The molecule has 0 bridgehead atoms. The van der Waals surface area contributed by atoms with Crippen molar-refractivity contribution in [2.24, 2.45) is 5.11 Å². The van der Waals surface area contributed by atoms with Crippen molar-refractivity contribution in [3.63, 3.8) is 0 Å². The van der Waals surface area contributed by atoms with Gasteiger partial charge in [0.05, 0.1) is 18.8 Å². The lowest BCUT2D eigenvalue weighted by Crippen LogP contribution is -2.58. The van der Waals surface area contributed by atoms with E-state index in [4.69, 9.17) is 20.1 Å². The van der Waals surface area contributed by atoms with Gasteiger partial charge >= 0.3 is 0 Å². The van der Waals surface area contributed by atoms with Crippen molar-refractivity contribution in [1.82, 2.24) is 0 Å². The summed E-state index contributed by atoms with van der Waals surface area (Å²) < 4.78 is 9.81. The Kier molecular flexibility index (Phi) is 4.28. The molecular formula is C7H13N3O5. The summed E-state index contributed by atoms with van der Waals surface area (Å²) in [6, 6.07) is -1.09. The fourth-order valence-electron chi connectivity index (χ4n) is 1.46. The highest BCUT2D eigenvalue weighted by molar-refractivity contribution is 4.94. The molecule has 0 amide bonds. The smallest absolute Gasteiger partial charge is 0.184 e. The van der Waals surface area contributed by atoms with E-state index in [1.165, 1.54) is 7.11 Å². The van der Waals surface area contributed by atoms with E-state index in [9.17, 15) is 10.2 Å². The minimum atomic E-state index is -1.26. The Morgan fingerprint density at radius 2 is 2.13 bits per heavy atom. The molecule has 0 aliphatic carbocycles. The van der Waals surface area contributed by atoms with Crippen molar-refractivity contribution in [1.29, 1.82) is 0 Å². The van der Waals surface area contributed by atoms with E-state index in [0.29, 0.717) is 0 Å².